The first-order valence-corrected chi connectivity index (χ1v) is 6.53. The zero-order chi connectivity index (χ0) is 13.0. The van der Waals surface area contributed by atoms with Crippen molar-refractivity contribution in [1.29, 1.82) is 0 Å². The van der Waals surface area contributed by atoms with Gasteiger partial charge in [-0.2, -0.15) is 15.0 Å². The van der Waals surface area contributed by atoms with Gasteiger partial charge in [0.1, 0.15) is 0 Å². The number of hydrogen-bond acceptors (Lipinski definition) is 6. The highest BCUT2D eigenvalue weighted by molar-refractivity contribution is 5.36. The molecule has 1 fully saturated rings. The molecule has 1 aromatic rings. The molecule has 6 heteroatoms. The van der Waals surface area contributed by atoms with Gasteiger partial charge < -0.3 is 15.4 Å². The van der Waals surface area contributed by atoms with Crippen molar-refractivity contribution in [3.05, 3.63) is 0 Å². The Balaban J connectivity index is 2.06. The van der Waals surface area contributed by atoms with E-state index in [0.29, 0.717) is 23.9 Å². The van der Waals surface area contributed by atoms with Crippen LogP contribution in [0, 0.1) is 5.92 Å². The van der Waals surface area contributed by atoms with Crippen LogP contribution in [0.15, 0.2) is 0 Å². The number of methoxy groups -OCH3 is 1. The van der Waals surface area contributed by atoms with Crippen molar-refractivity contribution in [3.63, 3.8) is 0 Å². The van der Waals surface area contributed by atoms with Gasteiger partial charge in [-0.3, -0.25) is 0 Å². The molecule has 0 aromatic carbocycles. The van der Waals surface area contributed by atoms with Crippen LogP contribution >= 0.6 is 0 Å². The van der Waals surface area contributed by atoms with Gasteiger partial charge in [0.25, 0.3) is 0 Å². The molecule has 0 aliphatic heterocycles. The Hall–Kier alpha value is -1.59. The fourth-order valence-corrected chi connectivity index (χ4v) is 1.75. The number of aromatic nitrogens is 3. The molecule has 1 atom stereocenters. The summed E-state index contributed by atoms with van der Waals surface area (Å²) >= 11 is 0. The molecule has 0 saturated heterocycles. The van der Waals surface area contributed by atoms with E-state index in [1.165, 1.54) is 12.8 Å². The Bertz CT molecular complexity index is 394. The summed E-state index contributed by atoms with van der Waals surface area (Å²) in [5.41, 5.74) is 0. The normalized spacial score (nSPS) is 16.2. The maximum atomic E-state index is 5.09. The van der Waals surface area contributed by atoms with Gasteiger partial charge in [-0.05, 0) is 32.1 Å². The summed E-state index contributed by atoms with van der Waals surface area (Å²) in [5, 5.41) is 6.46. The van der Waals surface area contributed by atoms with Gasteiger partial charge in [-0.15, -0.1) is 0 Å². The fraction of sp³-hybridized carbons (Fsp3) is 0.750. The fourth-order valence-electron chi connectivity index (χ4n) is 1.75. The lowest BCUT2D eigenvalue weighted by Crippen LogP contribution is -2.20. The van der Waals surface area contributed by atoms with Crippen LogP contribution in [0.1, 0.15) is 33.1 Å². The van der Waals surface area contributed by atoms with Gasteiger partial charge in [0.05, 0.1) is 7.11 Å². The molecule has 18 heavy (non-hydrogen) atoms. The minimum absolute atomic E-state index is 0.342. The molecule has 0 amide bonds. The second-order valence-corrected chi connectivity index (χ2v) is 4.67. The molecule has 1 aliphatic rings. The van der Waals surface area contributed by atoms with E-state index in [1.807, 2.05) is 0 Å². The second-order valence-electron chi connectivity index (χ2n) is 4.67. The van der Waals surface area contributed by atoms with E-state index < -0.39 is 0 Å². The molecule has 0 spiro atoms. The van der Waals surface area contributed by atoms with Crippen molar-refractivity contribution in [2.75, 3.05) is 24.3 Å². The molecule has 1 aliphatic carbocycles. The maximum absolute atomic E-state index is 5.09. The Morgan fingerprint density at radius 3 is 2.61 bits per heavy atom. The Kier molecular flexibility index (Phi) is 4.17. The smallest absolute Gasteiger partial charge is 0.322 e. The summed E-state index contributed by atoms with van der Waals surface area (Å²) in [4.78, 5) is 12.7. The molecule has 6 nitrogen and oxygen atoms in total. The number of nitrogens with one attached hydrogen (secondary N) is 2. The minimum Gasteiger partial charge on any atom is -0.467 e. The number of nitrogens with zero attached hydrogens (tertiary/aromatic N) is 3. The van der Waals surface area contributed by atoms with E-state index >= 15 is 0 Å². The van der Waals surface area contributed by atoms with Gasteiger partial charge in [0, 0.05) is 12.6 Å². The highest BCUT2D eigenvalue weighted by atomic mass is 16.5. The average molecular weight is 251 g/mol. The van der Waals surface area contributed by atoms with E-state index in [2.05, 4.69) is 39.4 Å². The van der Waals surface area contributed by atoms with Crippen LogP contribution < -0.4 is 15.4 Å². The van der Waals surface area contributed by atoms with Crippen LogP contribution in [0.25, 0.3) is 0 Å². The van der Waals surface area contributed by atoms with E-state index in [-0.39, 0.29) is 0 Å². The van der Waals surface area contributed by atoms with Gasteiger partial charge in [0.2, 0.25) is 11.9 Å². The quantitative estimate of drug-likeness (QED) is 0.771. The lowest BCUT2D eigenvalue weighted by atomic mass is 10.2. The first kappa shape index (κ1) is 12.9. The Labute approximate surface area is 108 Å². The molecule has 0 bridgehead atoms. The van der Waals surface area contributed by atoms with Crippen LogP contribution in [-0.2, 0) is 0 Å². The summed E-state index contributed by atoms with van der Waals surface area (Å²) in [6.07, 6.45) is 3.60. The summed E-state index contributed by atoms with van der Waals surface area (Å²) in [5.74, 6) is 1.90. The maximum Gasteiger partial charge on any atom is 0.322 e. The van der Waals surface area contributed by atoms with E-state index in [9.17, 15) is 0 Å². The van der Waals surface area contributed by atoms with Crippen LogP contribution in [0.3, 0.4) is 0 Å². The summed E-state index contributed by atoms with van der Waals surface area (Å²) in [7, 11) is 1.56. The molecular formula is C12H21N5O. The van der Waals surface area contributed by atoms with Crippen molar-refractivity contribution in [2.24, 2.45) is 5.92 Å². The van der Waals surface area contributed by atoms with E-state index in [4.69, 9.17) is 4.74 Å². The predicted octanol–water partition coefficient (Wildman–Crippen LogP) is 1.91. The Morgan fingerprint density at radius 1 is 1.28 bits per heavy atom. The molecular weight excluding hydrogens is 230 g/mol. The largest absolute Gasteiger partial charge is 0.467 e. The van der Waals surface area contributed by atoms with Crippen molar-refractivity contribution >= 4 is 11.9 Å². The third-order valence-electron chi connectivity index (χ3n) is 3.02. The zero-order valence-electron chi connectivity index (χ0n) is 11.2. The van der Waals surface area contributed by atoms with Crippen molar-refractivity contribution in [1.82, 2.24) is 15.0 Å². The molecule has 1 saturated carbocycles. The van der Waals surface area contributed by atoms with Crippen LogP contribution in [0.2, 0.25) is 0 Å². The number of ether oxygens (including phenoxy) is 1. The molecule has 1 aromatic heterocycles. The van der Waals surface area contributed by atoms with E-state index in [1.54, 1.807) is 7.11 Å². The monoisotopic (exact) mass is 251 g/mol. The molecule has 0 radical (unpaired) electrons. The number of rotatable bonds is 7. The second kappa shape index (κ2) is 5.84. The summed E-state index contributed by atoms with van der Waals surface area (Å²) in [6.45, 7) is 5.09. The zero-order valence-corrected chi connectivity index (χ0v) is 11.2. The van der Waals surface area contributed by atoms with Crippen LogP contribution in [-0.4, -0.2) is 34.6 Å². The van der Waals surface area contributed by atoms with Gasteiger partial charge in [0.15, 0.2) is 0 Å². The summed E-state index contributed by atoms with van der Waals surface area (Å²) in [6, 6.07) is 0.741. The molecule has 2 rings (SSSR count). The molecule has 1 heterocycles. The Morgan fingerprint density at radius 2 is 2.00 bits per heavy atom. The van der Waals surface area contributed by atoms with Crippen LogP contribution in [0.5, 0.6) is 6.01 Å². The van der Waals surface area contributed by atoms with Crippen LogP contribution in [0.4, 0.5) is 11.9 Å². The third-order valence-corrected chi connectivity index (χ3v) is 3.02. The first-order valence-electron chi connectivity index (χ1n) is 6.53. The lowest BCUT2D eigenvalue weighted by Gasteiger charge is -2.13. The SMILES string of the molecule is CCCNc1nc(NC(C)C2CC2)nc(OC)n1. The number of hydrogen-bond donors (Lipinski definition) is 2. The van der Waals surface area contributed by atoms with Crippen molar-refractivity contribution in [2.45, 2.75) is 39.2 Å². The standard InChI is InChI=1S/C12H21N5O/c1-4-7-13-10-15-11(17-12(16-10)18-3)14-8(2)9-5-6-9/h8-9H,4-7H2,1-3H3,(H2,13,14,15,16,17). The lowest BCUT2D eigenvalue weighted by molar-refractivity contribution is 0.379. The highest BCUT2D eigenvalue weighted by Gasteiger charge is 2.28. The van der Waals surface area contributed by atoms with Gasteiger partial charge in [-0.1, -0.05) is 6.92 Å². The highest BCUT2D eigenvalue weighted by Crippen LogP contribution is 2.33. The average Bonchev–Trinajstić information content (AvgIpc) is 3.20. The van der Waals surface area contributed by atoms with Crippen molar-refractivity contribution in [3.8, 4) is 6.01 Å². The molecule has 100 valence electrons. The molecule has 1 unspecified atom stereocenters. The third kappa shape index (κ3) is 3.45. The predicted molar refractivity (Wildman–Crippen MR) is 71.0 cm³/mol. The van der Waals surface area contributed by atoms with E-state index in [0.717, 1.165) is 18.9 Å². The number of anilines is 2. The molecule has 2 N–H and O–H groups in total. The first-order chi connectivity index (χ1) is 8.72. The minimum atomic E-state index is 0.342. The topological polar surface area (TPSA) is 72.0 Å². The summed E-state index contributed by atoms with van der Waals surface area (Å²) < 4.78 is 5.09. The van der Waals surface area contributed by atoms with Gasteiger partial charge >= 0.3 is 6.01 Å². The van der Waals surface area contributed by atoms with Gasteiger partial charge in [-0.25, -0.2) is 0 Å². The van der Waals surface area contributed by atoms with Crippen molar-refractivity contribution < 1.29 is 4.74 Å².